The molecule has 0 bridgehead atoms. The molecule has 4 nitrogen and oxygen atoms in total. The number of rotatable bonds is 10. The second kappa shape index (κ2) is 9.29. The highest BCUT2D eigenvalue weighted by molar-refractivity contribution is 6.60. The first-order valence-electron chi connectivity index (χ1n) is 5.77. The van der Waals surface area contributed by atoms with Gasteiger partial charge in [0.05, 0.1) is 0 Å². The Hall–Kier alpha value is 0.0569. The van der Waals surface area contributed by atoms with E-state index in [9.17, 15) is 0 Å². The molecule has 0 saturated heterocycles. The van der Waals surface area contributed by atoms with E-state index in [1.165, 1.54) is 0 Å². The second-order valence-electron chi connectivity index (χ2n) is 3.48. The summed E-state index contributed by atoms with van der Waals surface area (Å²) >= 11 is 0. The van der Waals surface area contributed by atoms with E-state index in [1.54, 1.807) is 7.11 Å². The van der Waals surface area contributed by atoms with Crippen LogP contribution in [0, 0.1) is 0 Å². The van der Waals surface area contributed by atoms with Gasteiger partial charge in [-0.2, -0.15) is 0 Å². The Morgan fingerprint density at radius 1 is 1.07 bits per heavy atom. The van der Waals surface area contributed by atoms with Crippen LogP contribution in [-0.2, 0) is 13.3 Å². The van der Waals surface area contributed by atoms with E-state index in [0.717, 1.165) is 25.3 Å². The highest BCUT2D eigenvalue weighted by atomic mass is 28.4. The van der Waals surface area contributed by atoms with Crippen LogP contribution in [0.5, 0.6) is 0 Å². The average molecular weight is 235 g/mol. The van der Waals surface area contributed by atoms with Crippen molar-refractivity contribution < 1.29 is 13.3 Å². The molecule has 0 radical (unpaired) electrons. The first-order chi connectivity index (χ1) is 7.24. The van der Waals surface area contributed by atoms with Crippen LogP contribution in [0.25, 0.3) is 0 Å². The quantitative estimate of drug-likeness (QED) is 0.586. The molecule has 0 amide bonds. The monoisotopic (exact) mass is 235 g/mol. The highest BCUT2D eigenvalue weighted by Gasteiger charge is 2.38. The molecule has 15 heavy (non-hydrogen) atoms. The van der Waals surface area contributed by atoms with Crippen molar-refractivity contribution in [2.45, 2.75) is 39.2 Å². The number of nitrogens with two attached hydrogens (primary N) is 1. The molecule has 0 atom stereocenters. The topological polar surface area (TPSA) is 53.7 Å². The Bertz CT molecular complexity index is 125. The Kier molecular flexibility index (Phi) is 9.33. The van der Waals surface area contributed by atoms with Crippen molar-refractivity contribution in [1.82, 2.24) is 0 Å². The maximum atomic E-state index is 5.77. The standard InChI is InChI=1S/C10H25NO3Si/c1-4-8-13-15(12-3,10-6-7-11)14-9-5-2/h4-11H2,1-3H3. The van der Waals surface area contributed by atoms with Crippen LogP contribution in [0.4, 0.5) is 0 Å². The maximum absolute atomic E-state index is 5.77. The summed E-state index contributed by atoms with van der Waals surface area (Å²) < 4.78 is 17.0. The summed E-state index contributed by atoms with van der Waals surface area (Å²) in [5, 5.41) is 0. The zero-order valence-electron chi connectivity index (χ0n) is 10.3. The first kappa shape index (κ1) is 15.1. The molecule has 0 heterocycles. The van der Waals surface area contributed by atoms with Crippen molar-refractivity contribution >= 4 is 8.80 Å². The summed E-state index contributed by atoms with van der Waals surface area (Å²) in [5.41, 5.74) is 5.50. The fourth-order valence-corrected chi connectivity index (χ4v) is 3.72. The van der Waals surface area contributed by atoms with Gasteiger partial charge in [-0.05, 0) is 25.8 Å². The van der Waals surface area contributed by atoms with Gasteiger partial charge in [-0.3, -0.25) is 0 Å². The fourth-order valence-electron chi connectivity index (χ4n) is 1.24. The Labute approximate surface area is 94.5 Å². The highest BCUT2D eigenvalue weighted by Crippen LogP contribution is 2.17. The molecule has 0 aliphatic carbocycles. The summed E-state index contributed by atoms with van der Waals surface area (Å²) in [5.74, 6) is 0. The van der Waals surface area contributed by atoms with E-state index in [-0.39, 0.29) is 0 Å². The molecule has 0 spiro atoms. The summed E-state index contributed by atoms with van der Waals surface area (Å²) in [4.78, 5) is 0. The third-order valence-corrected chi connectivity index (χ3v) is 4.93. The van der Waals surface area contributed by atoms with Crippen LogP contribution in [0.2, 0.25) is 6.04 Å². The normalized spacial score (nSPS) is 12.0. The van der Waals surface area contributed by atoms with Crippen molar-refractivity contribution in [2.75, 3.05) is 26.9 Å². The van der Waals surface area contributed by atoms with Crippen molar-refractivity contribution in [3.05, 3.63) is 0 Å². The Morgan fingerprint density at radius 2 is 1.60 bits per heavy atom. The van der Waals surface area contributed by atoms with Crippen molar-refractivity contribution in [3.8, 4) is 0 Å². The smallest absolute Gasteiger partial charge is 0.377 e. The molecule has 0 rings (SSSR count). The van der Waals surface area contributed by atoms with Gasteiger partial charge in [0, 0.05) is 26.4 Å². The molecule has 0 aromatic carbocycles. The average Bonchev–Trinajstić information content (AvgIpc) is 2.29. The minimum Gasteiger partial charge on any atom is -0.377 e. The SMILES string of the molecule is CCCO[Si](CCCN)(OC)OCCC. The molecule has 2 N–H and O–H groups in total. The molecule has 0 aliphatic rings. The molecule has 0 unspecified atom stereocenters. The first-order valence-corrected chi connectivity index (χ1v) is 7.71. The van der Waals surface area contributed by atoms with Crippen LogP contribution in [-0.4, -0.2) is 35.7 Å². The van der Waals surface area contributed by atoms with Crippen LogP contribution in [0.3, 0.4) is 0 Å². The molecular formula is C10H25NO3Si. The minimum absolute atomic E-state index is 0.656. The molecule has 0 aromatic heterocycles. The third kappa shape index (κ3) is 6.27. The van der Waals surface area contributed by atoms with E-state index >= 15 is 0 Å². The summed E-state index contributed by atoms with van der Waals surface area (Å²) in [6, 6.07) is 0.819. The predicted molar refractivity (Wildman–Crippen MR) is 63.7 cm³/mol. The lowest BCUT2D eigenvalue weighted by molar-refractivity contribution is 0.0771. The largest absolute Gasteiger partial charge is 0.500 e. The van der Waals surface area contributed by atoms with Gasteiger partial charge < -0.3 is 19.0 Å². The van der Waals surface area contributed by atoms with Gasteiger partial charge in [0.1, 0.15) is 0 Å². The van der Waals surface area contributed by atoms with E-state index in [0.29, 0.717) is 19.8 Å². The molecule has 0 aromatic rings. The van der Waals surface area contributed by atoms with E-state index in [4.69, 9.17) is 19.0 Å². The maximum Gasteiger partial charge on any atom is 0.500 e. The van der Waals surface area contributed by atoms with Gasteiger partial charge in [-0.1, -0.05) is 13.8 Å². The van der Waals surface area contributed by atoms with Crippen LogP contribution in [0.1, 0.15) is 33.1 Å². The lowest BCUT2D eigenvalue weighted by atomic mass is 10.5. The molecule has 0 fully saturated rings. The van der Waals surface area contributed by atoms with Gasteiger partial charge in [0.15, 0.2) is 0 Å². The van der Waals surface area contributed by atoms with Crippen molar-refractivity contribution in [1.29, 1.82) is 0 Å². The fraction of sp³-hybridized carbons (Fsp3) is 1.00. The van der Waals surface area contributed by atoms with Gasteiger partial charge in [0.25, 0.3) is 0 Å². The zero-order chi connectivity index (χ0) is 11.6. The third-order valence-electron chi connectivity index (χ3n) is 2.05. The van der Waals surface area contributed by atoms with Crippen LogP contribution < -0.4 is 5.73 Å². The van der Waals surface area contributed by atoms with Crippen LogP contribution in [0.15, 0.2) is 0 Å². The zero-order valence-corrected chi connectivity index (χ0v) is 11.3. The van der Waals surface area contributed by atoms with Crippen molar-refractivity contribution in [2.24, 2.45) is 5.73 Å². The minimum atomic E-state index is -2.41. The summed E-state index contributed by atoms with van der Waals surface area (Å²) in [7, 11) is -0.738. The number of hydrogen-bond acceptors (Lipinski definition) is 4. The summed E-state index contributed by atoms with van der Waals surface area (Å²) in [6.07, 6.45) is 2.86. The van der Waals surface area contributed by atoms with Gasteiger partial charge >= 0.3 is 8.80 Å². The molecule has 5 heteroatoms. The van der Waals surface area contributed by atoms with Gasteiger partial charge in [-0.15, -0.1) is 0 Å². The molecule has 0 saturated carbocycles. The molecule has 0 aliphatic heterocycles. The second-order valence-corrected chi connectivity index (χ2v) is 6.33. The molecule has 92 valence electrons. The van der Waals surface area contributed by atoms with E-state index in [1.807, 2.05) is 0 Å². The lowest BCUT2D eigenvalue weighted by Crippen LogP contribution is -2.45. The Balaban J connectivity index is 4.16. The summed E-state index contributed by atoms with van der Waals surface area (Å²) in [6.45, 7) is 6.22. The Morgan fingerprint density at radius 3 is 1.93 bits per heavy atom. The number of hydrogen-bond donors (Lipinski definition) is 1. The molecular weight excluding hydrogens is 210 g/mol. The van der Waals surface area contributed by atoms with Gasteiger partial charge in [0.2, 0.25) is 0 Å². The lowest BCUT2D eigenvalue weighted by Gasteiger charge is -2.27. The van der Waals surface area contributed by atoms with Crippen LogP contribution >= 0.6 is 0 Å². The van der Waals surface area contributed by atoms with E-state index in [2.05, 4.69) is 13.8 Å². The predicted octanol–water partition coefficient (Wildman–Crippen LogP) is 1.77. The van der Waals surface area contributed by atoms with Crippen molar-refractivity contribution in [3.63, 3.8) is 0 Å². The van der Waals surface area contributed by atoms with Gasteiger partial charge in [-0.25, -0.2) is 0 Å². The van der Waals surface area contributed by atoms with E-state index < -0.39 is 8.80 Å².